The van der Waals surface area contributed by atoms with Gasteiger partial charge in [0.1, 0.15) is 11.5 Å². The van der Waals surface area contributed by atoms with Crippen molar-refractivity contribution in [2.24, 2.45) is 0 Å². The topological polar surface area (TPSA) is 76.7 Å². The van der Waals surface area contributed by atoms with Gasteiger partial charge in [-0.2, -0.15) is 0 Å². The summed E-state index contributed by atoms with van der Waals surface area (Å²) in [5.74, 6) is 1.61. The van der Waals surface area contributed by atoms with Crippen LogP contribution in [0.4, 0.5) is 5.69 Å². The van der Waals surface area contributed by atoms with Crippen LogP contribution < -0.4 is 15.2 Å². The summed E-state index contributed by atoms with van der Waals surface area (Å²) in [7, 11) is 0. The highest BCUT2D eigenvalue weighted by Gasteiger charge is 2.11. The molecule has 0 unspecified atom stereocenters. The molecule has 176 valence electrons. The van der Waals surface area contributed by atoms with Gasteiger partial charge in [0, 0.05) is 29.8 Å². The van der Waals surface area contributed by atoms with Gasteiger partial charge in [0.05, 0.1) is 37.5 Å². The molecule has 2 aromatic heterocycles. The third-order valence-corrected chi connectivity index (χ3v) is 6.02. The molecule has 2 fully saturated rings. The van der Waals surface area contributed by atoms with Crippen LogP contribution in [0.15, 0.2) is 41.4 Å². The van der Waals surface area contributed by atoms with E-state index >= 15 is 0 Å². The van der Waals surface area contributed by atoms with Gasteiger partial charge in [-0.25, -0.2) is 0 Å². The molecule has 32 heavy (non-hydrogen) atoms. The number of nitrogen functional groups attached to an aromatic ring is 1. The van der Waals surface area contributed by atoms with Gasteiger partial charge in [-0.1, -0.05) is 0 Å². The number of rotatable bonds is 10. The smallest absolute Gasteiger partial charge is 0.139 e. The van der Waals surface area contributed by atoms with Crippen molar-refractivity contribution in [1.29, 1.82) is 0 Å². The summed E-state index contributed by atoms with van der Waals surface area (Å²) < 4.78 is 12.2. The maximum absolute atomic E-state index is 5.63. The van der Waals surface area contributed by atoms with E-state index in [4.69, 9.17) is 15.2 Å². The molecule has 0 bridgehead atoms. The lowest BCUT2D eigenvalue weighted by molar-refractivity contribution is 0.262. The number of halogens is 1. The number of ether oxygens (including phenoxy) is 2. The zero-order valence-electron chi connectivity index (χ0n) is 18.9. The summed E-state index contributed by atoms with van der Waals surface area (Å²) in [4.78, 5) is 13.0. The predicted molar refractivity (Wildman–Crippen MR) is 132 cm³/mol. The van der Waals surface area contributed by atoms with Crippen molar-refractivity contribution in [2.45, 2.75) is 38.5 Å². The first-order valence-corrected chi connectivity index (χ1v) is 12.5. The number of anilines is 1. The van der Waals surface area contributed by atoms with Gasteiger partial charge >= 0.3 is 0 Å². The fourth-order valence-corrected chi connectivity index (χ4v) is 4.30. The van der Waals surface area contributed by atoms with Crippen LogP contribution in [-0.2, 0) is 0 Å². The molecule has 4 heterocycles. The standard InChI is InChI=1S/C12H17BrN2O.C12H19N3O/c2*13-11-8-12(10-14-9-11)16-7-3-6-15-4-1-2-5-15/h8-10H,1-7H2;8-10H,1-7,13H2. The lowest BCUT2D eigenvalue weighted by atomic mass is 10.4. The Morgan fingerprint density at radius 2 is 1.25 bits per heavy atom. The third kappa shape index (κ3) is 9.71. The minimum Gasteiger partial charge on any atom is -0.492 e. The van der Waals surface area contributed by atoms with E-state index in [2.05, 4.69) is 35.7 Å². The number of aromatic nitrogens is 2. The van der Waals surface area contributed by atoms with Gasteiger partial charge < -0.3 is 25.0 Å². The fourth-order valence-electron chi connectivity index (χ4n) is 3.95. The van der Waals surface area contributed by atoms with Crippen LogP contribution >= 0.6 is 15.9 Å². The van der Waals surface area contributed by atoms with E-state index < -0.39 is 0 Å². The van der Waals surface area contributed by atoms with E-state index in [-0.39, 0.29) is 0 Å². The van der Waals surface area contributed by atoms with Crippen molar-refractivity contribution in [3.05, 3.63) is 41.4 Å². The second-order valence-electron chi connectivity index (χ2n) is 8.29. The third-order valence-electron chi connectivity index (χ3n) is 5.59. The van der Waals surface area contributed by atoms with Crippen molar-refractivity contribution in [3.63, 3.8) is 0 Å². The SMILES string of the molecule is Brc1cncc(OCCCN2CCCC2)c1.Nc1cncc(OCCCN2CCCC2)c1. The summed E-state index contributed by atoms with van der Waals surface area (Å²) in [6.45, 7) is 8.82. The van der Waals surface area contributed by atoms with Crippen LogP contribution in [0.25, 0.3) is 0 Å². The average Bonchev–Trinajstić information content (AvgIpc) is 3.49. The van der Waals surface area contributed by atoms with Crippen LogP contribution in [0.3, 0.4) is 0 Å². The monoisotopic (exact) mass is 505 g/mol. The molecule has 0 radical (unpaired) electrons. The zero-order chi connectivity index (χ0) is 22.4. The molecule has 0 saturated carbocycles. The average molecular weight is 506 g/mol. The van der Waals surface area contributed by atoms with Crippen LogP contribution in [-0.4, -0.2) is 72.3 Å². The Morgan fingerprint density at radius 1 is 0.750 bits per heavy atom. The first-order chi connectivity index (χ1) is 15.7. The molecule has 2 saturated heterocycles. The molecule has 2 aromatic rings. The van der Waals surface area contributed by atoms with Crippen molar-refractivity contribution >= 4 is 21.6 Å². The number of nitrogens with two attached hydrogens (primary N) is 1. The van der Waals surface area contributed by atoms with Gasteiger partial charge in [0.2, 0.25) is 0 Å². The van der Waals surface area contributed by atoms with Crippen LogP contribution in [0, 0.1) is 0 Å². The highest BCUT2D eigenvalue weighted by molar-refractivity contribution is 9.10. The van der Waals surface area contributed by atoms with Crippen molar-refractivity contribution < 1.29 is 9.47 Å². The second-order valence-corrected chi connectivity index (χ2v) is 9.21. The molecule has 2 aliphatic rings. The molecule has 2 N–H and O–H groups in total. The van der Waals surface area contributed by atoms with E-state index in [0.717, 1.165) is 55.1 Å². The largest absolute Gasteiger partial charge is 0.492 e. The van der Waals surface area contributed by atoms with E-state index in [0.29, 0.717) is 5.69 Å². The number of hydrogen-bond acceptors (Lipinski definition) is 7. The van der Waals surface area contributed by atoms with Crippen molar-refractivity contribution in [3.8, 4) is 11.5 Å². The minimum absolute atomic E-state index is 0.650. The van der Waals surface area contributed by atoms with E-state index in [9.17, 15) is 0 Å². The summed E-state index contributed by atoms with van der Waals surface area (Å²) >= 11 is 3.37. The van der Waals surface area contributed by atoms with Gasteiger partial charge in [0.25, 0.3) is 0 Å². The molecule has 4 rings (SSSR count). The number of pyridine rings is 2. The Balaban J connectivity index is 0.000000181. The molecule has 2 aliphatic heterocycles. The lowest BCUT2D eigenvalue weighted by Crippen LogP contribution is -2.21. The molecule has 0 aliphatic carbocycles. The quantitative estimate of drug-likeness (QED) is 0.483. The molecular weight excluding hydrogens is 470 g/mol. The minimum atomic E-state index is 0.650. The second kappa shape index (κ2) is 14.3. The van der Waals surface area contributed by atoms with Gasteiger partial charge in [-0.05, 0) is 86.7 Å². The molecule has 0 atom stereocenters. The summed E-state index contributed by atoms with van der Waals surface area (Å²) in [6, 6.07) is 3.76. The Labute approximate surface area is 200 Å². The lowest BCUT2D eigenvalue weighted by Gasteiger charge is -2.14. The normalized spacial score (nSPS) is 16.5. The highest BCUT2D eigenvalue weighted by Crippen LogP contribution is 2.16. The fraction of sp³-hybridized carbons (Fsp3) is 0.583. The molecule has 0 amide bonds. The van der Waals surface area contributed by atoms with Crippen LogP contribution in [0.5, 0.6) is 11.5 Å². The Kier molecular flexibility index (Phi) is 11.0. The Hall–Kier alpha value is -1.90. The van der Waals surface area contributed by atoms with E-state index in [1.54, 1.807) is 24.8 Å². The van der Waals surface area contributed by atoms with Gasteiger partial charge in [0.15, 0.2) is 0 Å². The van der Waals surface area contributed by atoms with Gasteiger partial charge in [-0.3, -0.25) is 9.97 Å². The molecule has 7 nitrogen and oxygen atoms in total. The predicted octanol–water partition coefficient (Wildman–Crippen LogP) is 4.24. The zero-order valence-corrected chi connectivity index (χ0v) is 20.5. The molecule has 0 spiro atoms. The van der Waals surface area contributed by atoms with E-state index in [1.165, 1.54) is 51.9 Å². The van der Waals surface area contributed by atoms with Crippen molar-refractivity contribution in [2.75, 3.05) is 58.2 Å². The molecule has 8 heteroatoms. The first-order valence-electron chi connectivity index (χ1n) is 11.7. The Morgan fingerprint density at radius 3 is 1.75 bits per heavy atom. The summed E-state index contributed by atoms with van der Waals surface area (Å²) in [6.07, 6.45) is 14.4. The van der Waals surface area contributed by atoms with Crippen LogP contribution in [0.1, 0.15) is 38.5 Å². The van der Waals surface area contributed by atoms with Crippen LogP contribution in [0.2, 0.25) is 0 Å². The maximum Gasteiger partial charge on any atom is 0.139 e. The number of likely N-dealkylation sites (tertiary alicyclic amines) is 2. The van der Waals surface area contributed by atoms with Gasteiger partial charge in [-0.15, -0.1) is 0 Å². The summed E-state index contributed by atoms with van der Waals surface area (Å²) in [5, 5.41) is 0. The highest BCUT2D eigenvalue weighted by atomic mass is 79.9. The van der Waals surface area contributed by atoms with Crippen molar-refractivity contribution in [1.82, 2.24) is 19.8 Å². The molecular formula is C24H36BrN5O2. The maximum atomic E-state index is 5.63. The Bertz CT molecular complexity index is 717. The number of hydrogen-bond donors (Lipinski definition) is 1. The molecule has 0 aromatic carbocycles. The summed E-state index contributed by atoms with van der Waals surface area (Å²) in [5.41, 5.74) is 6.26. The first kappa shape index (κ1) is 24.7. The van der Waals surface area contributed by atoms with E-state index in [1.807, 2.05) is 12.1 Å². The number of nitrogens with zero attached hydrogens (tertiary/aromatic N) is 4.